The van der Waals surface area contributed by atoms with Crippen LogP contribution in [0.4, 0.5) is 0 Å². The molecule has 0 unspecified atom stereocenters. The van der Waals surface area contributed by atoms with Crippen molar-refractivity contribution in [2.45, 2.75) is 78.8 Å². The summed E-state index contributed by atoms with van der Waals surface area (Å²) in [4.78, 5) is 38.9. The van der Waals surface area contributed by atoms with Crippen LogP contribution in [0.25, 0.3) is 0 Å². The summed E-state index contributed by atoms with van der Waals surface area (Å²) in [5.74, 6) is -1.34. The summed E-state index contributed by atoms with van der Waals surface area (Å²) in [6, 6.07) is 14.2. The lowest BCUT2D eigenvalue weighted by molar-refractivity contribution is -0.137. The number of carbonyl (C=O) groups is 2. The van der Waals surface area contributed by atoms with Crippen molar-refractivity contribution in [2.24, 2.45) is 0 Å². The number of nitrogens with zero attached hydrogens (tertiary/aromatic N) is 1. The average molecular weight is 503 g/mol. The fraction of sp³-hybridized carbons (Fsp3) is 0.387. The van der Waals surface area contributed by atoms with E-state index in [1.807, 2.05) is 65.0 Å². The van der Waals surface area contributed by atoms with Gasteiger partial charge < -0.3 is 15.0 Å². The molecule has 2 N–H and O–H groups in total. The SMILES string of the molecule is CCCC[C@H](C(=O)N[C@@H](CC(=O)O)c1ccc(C)cc1)n1cc(C)cc(Cc2cc(C)cc(C)c2)c1=O. The van der Waals surface area contributed by atoms with Gasteiger partial charge in [0, 0.05) is 18.2 Å². The number of nitrogens with one attached hydrogen (secondary N) is 1. The summed E-state index contributed by atoms with van der Waals surface area (Å²) in [6.45, 7) is 10.00. The van der Waals surface area contributed by atoms with Crippen LogP contribution >= 0.6 is 0 Å². The molecule has 3 rings (SSSR count). The zero-order valence-corrected chi connectivity index (χ0v) is 22.5. The number of amides is 1. The molecular weight excluding hydrogens is 464 g/mol. The first kappa shape index (κ1) is 27.9. The van der Waals surface area contributed by atoms with Crippen LogP contribution in [0.5, 0.6) is 0 Å². The summed E-state index contributed by atoms with van der Waals surface area (Å²) in [5, 5.41) is 12.4. The zero-order chi connectivity index (χ0) is 27.1. The molecule has 0 radical (unpaired) electrons. The third-order valence-electron chi connectivity index (χ3n) is 6.57. The van der Waals surface area contributed by atoms with E-state index in [2.05, 4.69) is 23.5 Å². The van der Waals surface area contributed by atoms with Crippen molar-refractivity contribution in [1.29, 1.82) is 0 Å². The van der Waals surface area contributed by atoms with Crippen LogP contribution in [0.3, 0.4) is 0 Å². The molecule has 0 saturated carbocycles. The maximum Gasteiger partial charge on any atom is 0.305 e. The molecule has 0 spiro atoms. The van der Waals surface area contributed by atoms with E-state index >= 15 is 0 Å². The normalized spacial score (nSPS) is 12.7. The number of carboxylic acid groups (broad SMARTS) is 1. The van der Waals surface area contributed by atoms with Gasteiger partial charge in [0.05, 0.1) is 12.5 Å². The van der Waals surface area contributed by atoms with Gasteiger partial charge in [0.25, 0.3) is 5.56 Å². The number of carbonyl (C=O) groups excluding carboxylic acids is 1. The molecule has 6 heteroatoms. The molecule has 1 amide bonds. The first-order valence-electron chi connectivity index (χ1n) is 12.9. The minimum absolute atomic E-state index is 0.189. The number of aromatic nitrogens is 1. The summed E-state index contributed by atoms with van der Waals surface area (Å²) < 4.78 is 1.55. The minimum atomic E-state index is -1.00. The van der Waals surface area contributed by atoms with Crippen LogP contribution in [-0.2, 0) is 16.0 Å². The molecule has 1 aromatic heterocycles. The van der Waals surface area contributed by atoms with Crippen LogP contribution in [-0.4, -0.2) is 21.6 Å². The Labute approximate surface area is 219 Å². The van der Waals surface area contributed by atoms with E-state index in [0.717, 1.165) is 46.2 Å². The summed E-state index contributed by atoms with van der Waals surface area (Å²) in [7, 11) is 0. The first-order valence-corrected chi connectivity index (χ1v) is 12.9. The van der Waals surface area contributed by atoms with Crippen molar-refractivity contribution in [3.63, 3.8) is 0 Å². The average Bonchev–Trinajstić information content (AvgIpc) is 2.81. The van der Waals surface area contributed by atoms with Crippen LogP contribution < -0.4 is 10.9 Å². The number of hydrogen-bond acceptors (Lipinski definition) is 3. The van der Waals surface area contributed by atoms with Gasteiger partial charge in [-0.1, -0.05) is 78.9 Å². The largest absolute Gasteiger partial charge is 0.481 e. The Morgan fingerprint density at radius 3 is 2.16 bits per heavy atom. The molecule has 196 valence electrons. The monoisotopic (exact) mass is 502 g/mol. The molecule has 0 fully saturated rings. The van der Waals surface area contributed by atoms with Crippen LogP contribution in [0.15, 0.2) is 59.5 Å². The fourth-order valence-corrected chi connectivity index (χ4v) is 4.85. The maximum absolute atomic E-state index is 13.7. The van der Waals surface area contributed by atoms with Gasteiger partial charge in [0.15, 0.2) is 0 Å². The number of pyridine rings is 1. The molecule has 37 heavy (non-hydrogen) atoms. The van der Waals surface area contributed by atoms with Crippen LogP contribution in [0.1, 0.15) is 83.6 Å². The molecule has 0 aliphatic carbocycles. The lowest BCUT2D eigenvalue weighted by Gasteiger charge is -2.24. The Morgan fingerprint density at radius 1 is 0.919 bits per heavy atom. The number of benzene rings is 2. The van der Waals surface area contributed by atoms with Gasteiger partial charge in [0.1, 0.15) is 6.04 Å². The van der Waals surface area contributed by atoms with E-state index in [1.54, 1.807) is 10.8 Å². The van der Waals surface area contributed by atoms with Gasteiger partial charge >= 0.3 is 5.97 Å². The molecule has 0 saturated heterocycles. The minimum Gasteiger partial charge on any atom is -0.481 e. The van der Waals surface area contributed by atoms with Crippen molar-refractivity contribution in [3.8, 4) is 0 Å². The Morgan fingerprint density at radius 2 is 1.57 bits per heavy atom. The second kappa shape index (κ2) is 12.5. The Kier molecular flexibility index (Phi) is 9.45. The zero-order valence-electron chi connectivity index (χ0n) is 22.5. The molecule has 0 aliphatic rings. The quantitative estimate of drug-likeness (QED) is 0.350. The van der Waals surface area contributed by atoms with E-state index < -0.39 is 18.1 Å². The highest BCUT2D eigenvalue weighted by Gasteiger charge is 2.26. The highest BCUT2D eigenvalue weighted by molar-refractivity contribution is 5.81. The molecular formula is C31H38N2O4. The van der Waals surface area contributed by atoms with E-state index in [4.69, 9.17) is 0 Å². The lowest BCUT2D eigenvalue weighted by atomic mass is 9.99. The molecule has 2 aromatic carbocycles. The van der Waals surface area contributed by atoms with Gasteiger partial charge in [-0.25, -0.2) is 0 Å². The second-order valence-corrected chi connectivity index (χ2v) is 10.2. The predicted molar refractivity (Wildman–Crippen MR) is 147 cm³/mol. The summed E-state index contributed by atoms with van der Waals surface area (Å²) >= 11 is 0. The van der Waals surface area contributed by atoms with Gasteiger partial charge in [-0.3, -0.25) is 14.4 Å². The number of rotatable bonds is 11. The molecule has 2 atom stereocenters. The lowest BCUT2D eigenvalue weighted by Crippen LogP contribution is -2.40. The van der Waals surface area contributed by atoms with Gasteiger partial charge in [0.2, 0.25) is 5.91 Å². The Bertz CT molecular complexity index is 1290. The Hall–Kier alpha value is -3.67. The molecule has 3 aromatic rings. The second-order valence-electron chi connectivity index (χ2n) is 10.2. The molecule has 1 heterocycles. The number of unbranched alkanes of at least 4 members (excludes halogenated alkanes) is 1. The number of hydrogen-bond donors (Lipinski definition) is 2. The smallest absolute Gasteiger partial charge is 0.305 e. The Balaban J connectivity index is 1.97. The van der Waals surface area contributed by atoms with E-state index in [1.165, 1.54) is 0 Å². The number of aliphatic carboxylic acids is 1. The third kappa shape index (κ3) is 7.66. The van der Waals surface area contributed by atoms with Crippen molar-refractivity contribution in [1.82, 2.24) is 9.88 Å². The van der Waals surface area contributed by atoms with Gasteiger partial charge in [-0.2, -0.15) is 0 Å². The van der Waals surface area contributed by atoms with Crippen molar-refractivity contribution < 1.29 is 14.7 Å². The summed E-state index contributed by atoms with van der Waals surface area (Å²) in [5.41, 5.74) is 6.46. The van der Waals surface area contributed by atoms with Gasteiger partial charge in [-0.05, 0) is 56.9 Å². The maximum atomic E-state index is 13.7. The van der Waals surface area contributed by atoms with Crippen molar-refractivity contribution >= 4 is 11.9 Å². The summed E-state index contributed by atoms with van der Waals surface area (Å²) in [6.07, 6.45) is 4.11. The number of carboxylic acids is 1. The van der Waals surface area contributed by atoms with E-state index in [9.17, 15) is 19.5 Å². The fourth-order valence-electron chi connectivity index (χ4n) is 4.85. The van der Waals surface area contributed by atoms with Gasteiger partial charge in [-0.15, -0.1) is 0 Å². The molecule has 6 nitrogen and oxygen atoms in total. The topological polar surface area (TPSA) is 88.4 Å². The van der Waals surface area contributed by atoms with Crippen LogP contribution in [0, 0.1) is 27.7 Å². The molecule has 0 aliphatic heterocycles. The van der Waals surface area contributed by atoms with E-state index in [-0.39, 0.29) is 17.9 Å². The molecule has 0 bridgehead atoms. The highest BCUT2D eigenvalue weighted by Crippen LogP contribution is 2.22. The van der Waals surface area contributed by atoms with Crippen molar-refractivity contribution in [3.05, 3.63) is 104 Å². The first-order chi connectivity index (χ1) is 17.6. The van der Waals surface area contributed by atoms with Crippen molar-refractivity contribution in [2.75, 3.05) is 0 Å². The highest BCUT2D eigenvalue weighted by atomic mass is 16.4. The predicted octanol–water partition coefficient (Wildman–Crippen LogP) is 5.74. The van der Waals surface area contributed by atoms with E-state index in [0.29, 0.717) is 18.4 Å². The van der Waals surface area contributed by atoms with Crippen LogP contribution in [0.2, 0.25) is 0 Å². The standard InChI is InChI=1S/C31H38N2O4/c1-6-7-8-28(30(36)32-27(18-29(34)35)25-11-9-20(2)10-12-25)33-19-23(5)16-26(31(33)37)17-24-14-21(3)13-22(4)15-24/h9-16,19,27-28H,6-8,17-18H2,1-5H3,(H,32,36)(H,34,35)/t27-,28+/m0/s1. The third-order valence-corrected chi connectivity index (χ3v) is 6.57. The number of aryl methyl sites for hydroxylation is 4.